The van der Waals surface area contributed by atoms with E-state index < -0.39 is 0 Å². The number of hydrogen-bond donors (Lipinski definition) is 1. The van der Waals surface area contributed by atoms with E-state index in [1.165, 1.54) is 34.8 Å². The van der Waals surface area contributed by atoms with Gasteiger partial charge in [-0.25, -0.2) is 0 Å². The third-order valence-electron chi connectivity index (χ3n) is 4.22. The van der Waals surface area contributed by atoms with Crippen LogP contribution in [0.25, 0.3) is 10.1 Å². The van der Waals surface area contributed by atoms with Crippen LogP contribution in [0.3, 0.4) is 0 Å². The second-order valence-electron chi connectivity index (χ2n) is 5.49. The molecule has 1 aromatic carbocycles. The molecular formula is C15H17N5S. The maximum absolute atomic E-state index is 4.33. The lowest BCUT2D eigenvalue weighted by Gasteiger charge is -2.29. The van der Waals surface area contributed by atoms with E-state index in [0.717, 1.165) is 13.1 Å². The van der Waals surface area contributed by atoms with Gasteiger partial charge in [-0.1, -0.05) is 18.2 Å². The lowest BCUT2D eigenvalue weighted by atomic mass is 9.87. The predicted octanol–water partition coefficient (Wildman–Crippen LogP) is 2.48. The maximum Gasteiger partial charge on any atom is 0.162 e. The van der Waals surface area contributed by atoms with Crippen molar-refractivity contribution in [1.29, 1.82) is 0 Å². The van der Waals surface area contributed by atoms with Crippen LogP contribution in [0.15, 0.2) is 36.0 Å². The minimum Gasteiger partial charge on any atom is -0.316 e. The van der Waals surface area contributed by atoms with Crippen molar-refractivity contribution in [3.05, 3.63) is 41.5 Å². The molecule has 1 saturated heterocycles. The third-order valence-corrected chi connectivity index (χ3v) is 5.21. The van der Waals surface area contributed by atoms with E-state index in [-0.39, 0.29) is 6.04 Å². The molecule has 108 valence electrons. The van der Waals surface area contributed by atoms with E-state index in [1.54, 1.807) is 16.1 Å². The molecule has 2 aromatic heterocycles. The fourth-order valence-corrected chi connectivity index (χ4v) is 4.24. The van der Waals surface area contributed by atoms with Crippen molar-refractivity contribution in [2.45, 2.75) is 18.9 Å². The van der Waals surface area contributed by atoms with Gasteiger partial charge in [-0.2, -0.15) is 4.80 Å². The van der Waals surface area contributed by atoms with Crippen molar-refractivity contribution < 1.29 is 0 Å². The molecule has 21 heavy (non-hydrogen) atoms. The first-order chi connectivity index (χ1) is 10.4. The summed E-state index contributed by atoms with van der Waals surface area (Å²) < 4.78 is 1.32. The predicted molar refractivity (Wildman–Crippen MR) is 83.4 cm³/mol. The molecule has 5 nitrogen and oxygen atoms in total. The van der Waals surface area contributed by atoms with Crippen LogP contribution >= 0.6 is 11.3 Å². The molecule has 0 unspecified atom stereocenters. The molecule has 0 aliphatic carbocycles. The Morgan fingerprint density at radius 1 is 1.33 bits per heavy atom. The van der Waals surface area contributed by atoms with Gasteiger partial charge in [-0.3, -0.25) is 0 Å². The van der Waals surface area contributed by atoms with Crippen molar-refractivity contribution in [2.75, 3.05) is 13.1 Å². The summed E-state index contributed by atoms with van der Waals surface area (Å²) in [6, 6.07) is 8.73. The highest BCUT2D eigenvalue weighted by molar-refractivity contribution is 7.17. The van der Waals surface area contributed by atoms with Crippen LogP contribution in [0.5, 0.6) is 0 Å². The van der Waals surface area contributed by atoms with Crippen molar-refractivity contribution >= 4 is 21.4 Å². The molecule has 3 aromatic rings. The summed E-state index contributed by atoms with van der Waals surface area (Å²) in [4.78, 5) is 1.78. The van der Waals surface area contributed by atoms with E-state index in [1.807, 2.05) is 0 Å². The van der Waals surface area contributed by atoms with Crippen LogP contribution in [-0.2, 0) is 0 Å². The van der Waals surface area contributed by atoms with Crippen LogP contribution in [-0.4, -0.2) is 33.3 Å². The number of piperidine rings is 1. The van der Waals surface area contributed by atoms with Crippen molar-refractivity contribution in [2.24, 2.45) is 5.92 Å². The first-order valence-corrected chi connectivity index (χ1v) is 8.21. The average molecular weight is 299 g/mol. The van der Waals surface area contributed by atoms with Crippen LogP contribution in [0, 0.1) is 5.92 Å². The van der Waals surface area contributed by atoms with Gasteiger partial charge in [-0.05, 0) is 52.9 Å². The first kappa shape index (κ1) is 12.9. The highest BCUT2D eigenvalue weighted by Crippen LogP contribution is 2.37. The lowest BCUT2D eigenvalue weighted by Crippen LogP contribution is -2.36. The number of tetrazole rings is 1. The maximum atomic E-state index is 4.33. The van der Waals surface area contributed by atoms with Gasteiger partial charge in [0.05, 0.1) is 0 Å². The molecule has 1 aliphatic rings. The fourth-order valence-electron chi connectivity index (χ4n) is 3.25. The summed E-state index contributed by atoms with van der Waals surface area (Å²) in [5.41, 5.74) is 1.32. The molecule has 1 aliphatic heterocycles. The minimum absolute atomic E-state index is 0.163. The zero-order valence-corrected chi connectivity index (χ0v) is 12.5. The van der Waals surface area contributed by atoms with Gasteiger partial charge in [0, 0.05) is 11.2 Å². The zero-order valence-electron chi connectivity index (χ0n) is 11.6. The smallest absolute Gasteiger partial charge is 0.162 e. The number of benzene rings is 1. The molecule has 0 radical (unpaired) electrons. The van der Waals surface area contributed by atoms with Crippen molar-refractivity contribution in [1.82, 2.24) is 25.5 Å². The quantitative estimate of drug-likeness (QED) is 0.807. The Morgan fingerprint density at radius 3 is 3.10 bits per heavy atom. The summed E-state index contributed by atoms with van der Waals surface area (Å²) in [7, 11) is 0. The van der Waals surface area contributed by atoms with Gasteiger partial charge in [0.15, 0.2) is 6.33 Å². The normalized spacial score (nSPS) is 20.7. The summed E-state index contributed by atoms with van der Waals surface area (Å²) in [6.45, 7) is 2.12. The molecule has 4 rings (SSSR count). The number of aromatic nitrogens is 4. The van der Waals surface area contributed by atoms with E-state index in [9.17, 15) is 0 Å². The highest BCUT2D eigenvalue weighted by Gasteiger charge is 2.30. The van der Waals surface area contributed by atoms with E-state index in [4.69, 9.17) is 0 Å². The minimum atomic E-state index is 0.163. The van der Waals surface area contributed by atoms with E-state index in [0.29, 0.717) is 5.92 Å². The molecule has 0 bridgehead atoms. The SMILES string of the molecule is c1ccc2c([C@@H]([C@H]3CCCNC3)n3ncnn3)csc2c1. The number of fused-ring (bicyclic) bond motifs is 1. The summed E-state index contributed by atoms with van der Waals surface area (Å²) >= 11 is 1.79. The number of nitrogens with one attached hydrogen (secondary N) is 1. The van der Waals surface area contributed by atoms with Crippen LogP contribution in [0.4, 0.5) is 0 Å². The first-order valence-electron chi connectivity index (χ1n) is 7.33. The molecule has 1 N–H and O–H groups in total. The number of hydrogen-bond acceptors (Lipinski definition) is 5. The summed E-state index contributed by atoms with van der Waals surface area (Å²) in [6.07, 6.45) is 3.93. The zero-order chi connectivity index (χ0) is 14.1. The summed E-state index contributed by atoms with van der Waals surface area (Å²) in [5, 5.41) is 19.5. The van der Waals surface area contributed by atoms with Crippen LogP contribution in [0.2, 0.25) is 0 Å². The molecule has 1 fully saturated rings. The van der Waals surface area contributed by atoms with Gasteiger partial charge in [0.1, 0.15) is 6.04 Å². The monoisotopic (exact) mass is 299 g/mol. The topological polar surface area (TPSA) is 55.6 Å². The Hall–Kier alpha value is -1.79. The van der Waals surface area contributed by atoms with Crippen LogP contribution < -0.4 is 5.32 Å². The Labute approximate surface area is 127 Å². The molecule has 6 heteroatoms. The second-order valence-corrected chi connectivity index (χ2v) is 6.41. The van der Waals surface area contributed by atoms with E-state index >= 15 is 0 Å². The highest BCUT2D eigenvalue weighted by atomic mass is 32.1. The van der Waals surface area contributed by atoms with Crippen LogP contribution in [0.1, 0.15) is 24.4 Å². The number of thiophene rings is 1. The Morgan fingerprint density at radius 2 is 2.29 bits per heavy atom. The summed E-state index contributed by atoms with van der Waals surface area (Å²) in [5.74, 6) is 0.506. The molecule has 2 atom stereocenters. The molecule has 0 saturated carbocycles. The lowest BCUT2D eigenvalue weighted by molar-refractivity contribution is 0.263. The average Bonchev–Trinajstić information content (AvgIpc) is 3.20. The standard InChI is InChI=1S/C15H17N5S/c1-2-6-14-12(5-1)13(9-21-14)15(20-18-10-17-19-20)11-4-3-7-16-8-11/h1-2,5-6,9-11,15-16H,3-4,7-8H2/t11-,15+/m0/s1. The second kappa shape index (κ2) is 5.54. The number of nitrogens with zero attached hydrogens (tertiary/aromatic N) is 4. The Balaban J connectivity index is 1.81. The van der Waals surface area contributed by atoms with Gasteiger partial charge in [0.25, 0.3) is 0 Å². The van der Waals surface area contributed by atoms with Gasteiger partial charge >= 0.3 is 0 Å². The van der Waals surface area contributed by atoms with Crippen molar-refractivity contribution in [3.63, 3.8) is 0 Å². The van der Waals surface area contributed by atoms with Gasteiger partial charge in [-0.15, -0.1) is 21.5 Å². The molecule has 0 spiro atoms. The van der Waals surface area contributed by atoms with Crippen molar-refractivity contribution in [3.8, 4) is 0 Å². The molecular weight excluding hydrogens is 282 g/mol. The number of rotatable bonds is 3. The Kier molecular flexibility index (Phi) is 3.40. The molecule has 0 amide bonds. The van der Waals surface area contributed by atoms with Gasteiger partial charge in [0.2, 0.25) is 0 Å². The van der Waals surface area contributed by atoms with Gasteiger partial charge < -0.3 is 5.32 Å². The largest absolute Gasteiger partial charge is 0.316 e. The third kappa shape index (κ3) is 2.34. The molecule has 3 heterocycles. The Bertz CT molecular complexity index is 715. The fraction of sp³-hybridized carbons (Fsp3) is 0.400. The van der Waals surface area contributed by atoms with E-state index in [2.05, 4.69) is 50.4 Å².